The molecule has 1 fully saturated rings. The number of hydrogen-bond acceptors (Lipinski definition) is 7. The molecule has 2 aromatic rings. The molecule has 1 aliphatic heterocycles. The number of methoxy groups -OCH3 is 1. The van der Waals surface area contributed by atoms with E-state index in [4.69, 9.17) is 14.2 Å². The zero-order chi connectivity index (χ0) is 16.6. The largest absolute Gasteiger partial charge is 0.497 e. The molecule has 1 aromatic heterocycles. The number of morpholine rings is 1. The van der Waals surface area contributed by atoms with E-state index in [9.17, 15) is 0 Å². The van der Waals surface area contributed by atoms with Crippen LogP contribution in [0.1, 0.15) is 0 Å². The lowest BCUT2D eigenvalue weighted by molar-refractivity contribution is 0.122. The van der Waals surface area contributed by atoms with E-state index in [0.717, 1.165) is 43.6 Å². The highest BCUT2D eigenvalue weighted by Crippen LogP contribution is 2.17. The molecule has 0 unspecified atom stereocenters. The Kier molecular flexibility index (Phi) is 5.68. The predicted molar refractivity (Wildman–Crippen MR) is 92.0 cm³/mol. The maximum absolute atomic E-state index is 5.67. The molecule has 1 saturated heterocycles. The van der Waals surface area contributed by atoms with Gasteiger partial charge in [-0.3, -0.25) is 0 Å². The third kappa shape index (κ3) is 4.48. The van der Waals surface area contributed by atoms with Crippen LogP contribution in [0.25, 0.3) is 0 Å². The molecular weight excluding hydrogens is 308 g/mol. The van der Waals surface area contributed by atoms with Crippen LogP contribution >= 0.6 is 0 Å². The molecule has 0 spiro atoms. The lowest BCUT2D eigenvalue weighted by Crippen LogP contribution is -2.36. The molecule has 1 aromatic carbocycles. The Balaban J connectivity index is 1.45. The summed E-state index contributed by atoms with van der Waals surface area (Å²) in [7, 11) is 1.64. The van der Waals surface area contributed by atoms with Crippen molar-refractivity contribution in [2.75, 3.05) is 56.8 Å². The van der Waals surface area contributed by atoms with Crippen LogP contribution in [0.5, 0.6) is 11.5 Å². The average molecular weight is 330 g/mol. The van der Waals surface area contributed by atoms with Gasteiger partial charge in [0, 0.05) is 19.3 Å². The molecule has 0 atom stereocenters. The lowest BCUT2D eigenvalue weighted by atomic mass is 10.3. The number of benzene rings is 1. The number of ether oxygens (including phenoxy) is 3. The van der Waals surface area contributed by atoms with Crippen molar-refractivity contribution >= 4 is 11.8 Å². The molecule has 0 amide bonds. The Labute approximate surface area is 141 Å². The van der Waals surface area contributed by atoms with Crippen molar-refractivity contribution in [3.8, 4) is 11.5 Å². The van der Waals surface area contributed by atoms with E-state index in [1.807, 2.05) is 30.3 Å². The summed E-state index contributed by atoms with van der Waals surface area (Å²) in [6.07, 6.45) is 1.77. The molecule has 0 radical (unpaired) electrons. The topological polar surface area (TPSA) is 68.7 Å². The van der Waals surface area contributed by atoms with E-state index in [-0.39, 0.29) is 0 Å². The van der Waals surface area contributed by atoms with Gasteiger partial charge in [-0.2, -0.15) is 4.98 Å². The fourth-order valence-electron chi connectivity index (χ4n) is 2.41. The second kappa shape index (κ2) is 8.35. The van der Waals surface area contributed by atoms with Gasteiger partial charge in [0.25, 0.3) is 0 Å². The minimum atomic E-state index is 0.525. The summed E-state index contributed by atoms with van der Waals surface area (Å²) in [5.41, 5.74) is 0. The van der Waals surface area contributed by atoms with Crippen LogP contribution in [0.2, 0.25) is 0 Å². The number of nitrogens with zero attached hydrogens (tertiary/aromatic N) is 3. The molecule has 1 aliphatic rings. The molecule has 128 valence electrons. The van der Waals surface area contributed by atoms with Gasteiger partial charge in [0.05, 0.1) is 26.9 Å². The van der Waals surface area contributed by atoms with Crippen molar-refractivity contribution in [1.29, 1.82) is 0 Å². The Morgan fingerprint density at radius 3 is 2.62 bits per heavy atom. The molecule has 2 heterocycles. The van der Waals surface area contributed by atoms with E-state index in [0.29, 0.717) is 19.1 Å². The average Bonchev–Trinajstić information content (AvgIpc) is 2.67. The highest BCUT2D eigenvalue weighted by atomic mass is 16.5. The summed E-state index contributed by atoms with van der Waals surface area (Å²) >= 11 is 0. The van der Waals surface area contributed by atoms with E-state index in [1.165, 1.54) is 0 Å². The van der Waals surface area contributed by atoms with Gasteiger partial charge in [0.1, 0.15) is 23.9 Å². The van der Waals surface area contributed by atoms with Gasteiger partial charge < -0.3 is 24.4 Å². The van der Waals surface area contributed by atoms with Gasteiger partial charge in [0.15, 0.2) is 0 Å². The first-order valence-electron chi connectivity index (χ1n) is 8.01. The fourth-order valence-corrected chi connectivity index (χ4v) is 2.41. The van der Waals surface area contributed by atoms with E-state index < -0.39 is 0 Å². The summed E-state index contributed by atoms with van der Waals surface area (Å²) in [6, 6.07) is 9.43. The molecule has 24 heavy (non-hydrogen) atoms. The van der Waals surface area contributed by atoms with Crippen LogP contribution in [-0.4, -0.2) is 56.5 Å². The van der Waals surface area contributed by atoms with Gasteiger partial charge in [0.2, 0.25) is 5.95 Å². The van der Waals surface area contributed by atoms with Crippen LogP contribution in [0.15, 0.2) is 36.5 Å². The van der Waals surface area contributed by atoms with E-state index in [1.54, 1.807) is 13.3 Å². The van der Waals surface area contributed by atoms with Gasteiger partial charge in [-0.25, -0.2) is 4.98 Å². The second-order valence-corrected chi connectivity index (χ2v) is 5.29. The summed E-state index contributed by atoms with van der Waals surface area (Å²) in [5, 5.41) is 3.19. The summed E-state index contributed by atoms with van der Waals surface area (Å²) in [6.45, 7) is 4.34. The van der Waals surface area contributed by atoms with Crippen LogP contribution in [-0.2, 0) is 4.74 Å². The monoisotopic (exact) mass is 330 g/mol. The SMILES string of the molecule is COc1ccc(OCCNc2nccc(N3CCOCC3)n2)cc1. The fraction of sp³-hybridized carbons (Fsp3) is 0.412. The molecule has 0 aliphatic carbocycles. The number of hydrogen-bond donors (Lipinski definition) is 1. The standard InChI is InChI=1S/C17H22N4O3/c1-22-14-2-4-15(5-3-14)24-11-8-19-17-18-7-6-16(20-17)21-9-12-23-13-10-21/h2-7H,8-13H2,1H3,(H,18,19,20). The van der Waals surface area contributed by atoms with Gasteiger partial charge >= 0.3 is 0 Å². The van der Waals surface area contributed by atoms with Crippen LogP contribution < -0.4 is 19.7 Å². The first-order chi connectivity index (χ1) is 11.8. The van der Waals surface area contributed by atoms with Crippen molar-refractivity contribution in [1.82, 2.24) is 9.97 Å². The molecule has 0 saturated carbocycles. The maximum Gasteiger partial charge on any atom is 0.224 e. The van der Waals surface area contributed by atoms with E-state index in [2.05, 4.69) is 20.2 Å². The quantitative estimate of drug-likeness (QED) is 0.777. The van der Waals surface area contributed by atoms with Crippen LogP contribution in [0, 0.1) is 0 Å². The summed E-state index contributed by atoms with van der Waals surface area (Å²) < 4.78 is 16.2. The summed E-state index contributed by atoms with van der Waals surface area (Å²) in [5.74, 6) is 3.15. The maximum atomic E-state index is 5.67. The first-order valence-corrected chi connectivity index (χ1v) is 8.01. The van der Waals surface area contributed by atoms with Crippen LogP contribution in [0.4, 0.5) is 11.8 Å². The molecule has 3 rings (SSSR count). The highest BCUT2D eigenvalue weighted by Gasteiger charge is 2.12. The summed E-state index contributed by atoms with van der Waals surface area (Å²) in [4.78, 5) is 11.0. The number of rotatable bonds is 7. The first kappa shape index (κ1) is 16.3. The van der Waals surface area contributed by atoms with Crippen molar-refractivity contribution in [2.24, 2.45) is 0 Å². The normalized spacial score (nSPS) is 14.3. The molecule has 0 bridgehead atoms. The van der Waals surface area contributed by atoms with Crippen molar-refractivity contribution in [3.63, 3.8) is 0 Å². The third-order valence-electron chi connectivity index (χ3n) is 3.69. The molecule has 1 N–H and O–H groups in total. The Hall–Kier alpha value is -2.54. The van der Waals surface area contributed by atoms with Crippen molar-refractivity contribution in [3.05, 3.63) is 36.5 Å². The van der Waals surface area contributed by atoms with Crippen molar-refractivity contribution < 1.29 is 14.2 Å². The minimum absolute atomic E-state index is 0.525. The zero-order valence-corrected chi connectivity index (χ0v) is 13.8. The minimum Gasteiger partial charge on any atom is -0.497 e. The van der Waals surface area contributed by atoms with Crippen LogP contribution in [0.3, 0.4) is 0 Å². The number of nitrogens with one attached hydrogen (secondary N) is 1. The Bertz CT molecular complexity index is 630. The van der Waals surface area contributed by atoms with Gasteiger partial charge in [-0.15, -0.1) is 0 Å². The smallest absolute Gasteiger partial charge is 0.224 e. The predicted octanol–water partition coefficient (Wildman–Crippen LogP) is 1.81. The van der Waals surface area contributed by atoms with Gasteiger partial charge in [-0.05, 0) is 30.3 Å². The number of anilines is 2. The molecule has 7 nitrogen and oxygen atoms in total. The van der Waals surface area contributed by atoms with E-state index >= 15 is 0 Å². The Morgan fingerprint density at radius 2 is 1.88 bits per heavy atom. The zero-order valence-electron chi connectivity index (χ0n) is 13.8. The molecule has 7 heteroatoms. The second-order valence-electron chi connectivity index (χ2n) is 5.29. The highest BCUT2D eigenvalue weighted by molar-refractivity contribution is 5.42. The third-order valence-corrected chi connectivity index (χ3v) is 3.69. The van der Waals surface area contributed by atoms with Gasteiger partial charge in [-0.1, -0.05) is 0 Å². The lowest BCUT2D eigenvalue weighted by Gasteiger charge is -2.27. The Morgan fingerprint density at radius 1 is 1.12 bits per heavy atom. The molecular formula is C17H22N4O3. The number of aromatic nitrogens is 2. The van der Waals surface area contributed by atoms with Crippen molar-refractivity contribution in [2.45, 2.75) is 0 Å².